The number of aliphatic hydroxyl groups excluding tert-OH is 6. The summed E-state index contributed by atoms with van der Waals surface area (Å²) in [6.45, 7) is 7.04. The van der Waals surface area contributed by atoms with Crippen molar-refractivity contribution >= 4 is 5.78 Å². The van der Waals surface area contributed by atoms with Crippen LogP contribution in [0.15, 0.2) is 11.1 Å². The molecular weight excluding hydrogens is 464 g/mol. The molecule has 2 saturated heterocycles. The van der Waals surface area contributed by atoms with Gasteiger partial charge in [0.05, 0.1) is 19.3 Å². The average molecular weight is 505 g/mol. The Labute approximate surface area is 205 Å². The van der Waals surface area contributed by atoms with E-state index >= 15 is 0 Å². The molecule has 11 nitrogen and oxygen atoms in total. The van der Waals surface area contributed by atoms with Gasteiger partial charge in [0.15, 0.2) is 18.4 Å². The maximum atomic E-state index is 12.2. The molecule has 2 fully saturated rings. The summed E-state index contributed by atoms with van der Waals surface area (Å²) in [5.41, 5.74) is 1.80. The molecule has 0 radical (unpaired) electrons. The minimum atomic E-state index is -1.57. The van der Waals surface area contributed by atoms with Gasteiger partial charge in [-0.25, -0.2) is 0 Å². The third-order valence-corrected chi connectivity index (χ3v) is 7.42. The lowest BCUT2D eigenvalue weighted by Crippen LogP contribution is -2.60. The zero-order valence-corrected chi connectivity index (χ0v) is 20.7. The lowest BCUT2D eigenvalue weighted by atomic mass is 9.70. The zero-order chi connectivity index (χ0) is 26.1. The molecule has 35 heavy (non-hydrogen) atoms. The van der Waals surface area contributed by atoms with Gasteiger partial charge in [-0.05, 0) is 44.1 Å². The number of ether oxygens (including phenoxy) is 4. The number of carbonyl (C=O) groups is 1. The summed E-state index contributed by atoms with van der Waals surface area (Å²) in [5.74, 6) is 0.160. The highest BCUT2D eigenvalue weighted by atomic mass is 16.7. The molecule has 2 heterocycles. The van der Waals surface area contributed by atoms with Crippen molar-refractivity contribution in [1.29, 1.82) is 0 Å². The molecule has 11 heteroatoms. The second kappa shape index (κ2) is 11.6. The highest BCUT2D eigenvalue weighted by Gasteiger charge is 2.47. The monoisotopic (exact) mass is 504 g/mol. The van der Waals surface area contributed by atoms with Gasteiger partial charge in [-0.1, -0.05) is 19.4 Å². The van der Waals surface area contributed by atoms with Gasteiger partial charge in [-0.3, -0.25) is 4.79 Å². The molecule has 0 bridgehead atoms. The number of carbonyl (C=O) groups excluding carboxylic acids is 1. The fourth-order valence-electron chi connectivity index (χ4n) is 4.97. The van der Waals surface area contributed by atoms with Crippen LogP contribution < -0.4 is 0 Å². The summed E-state index contributed by atoms with van der Waals surface area (Å²) in [6, 6.07) is 0. The molecule has 0 spiro atoms. The van der Waals surface area contributed by atoms with Gasteiger partial charge in [-0.2, -0.15) is 0 Å². The molecule has 3 aliphatic rings. The Morgan fingerprint density at radius 2 is 1.57 bits per heavy atom. The molecule has 0 aromatic rings. The van der Waals surface area contributed by atoms with Crippen molar-refractivity contribution in [2.24, 2.45) is 5.41 Å². The van der Waals surface area contributed by atoms with Crippen LogP contribution in [-0.2, 0) is 23.7 Å². The zero-order valence-electron chi connectivity index (χ0n) is 20.7. The molecule has 1 aliphatic carbocycles. The number of hydrogen-bond acceptors (Lipinski definition) is 11. The Hall–Kier alpha value is -0.990. The van der Waals surface area contributed by atoms with E-state index in [1.54, 1.807) is 6.92 Å². The van der Waals surface area contributed by atoms with Crippen LogP contribution in [0.1, 0.15) is 53.4 Å². The molecule has 10 atom stereocenters. The van der Waals surface area contributed by atoms with Gasteiger partial charge in [0.2, 0.25) is 0 Å². The van der Waals surface area contributed by atoms with Gasteiger partial charge in [0.25, 0.3) is 0 Å². The van der Waals surface area contributed by atoms with Crippen LogP contribution >= 0.6 is 0 Å². The third-order valence-electron chi connectivity index (χ3n) is 7.42. The second-order valence-corrected chi connectivity index (χ2v) is 10.5. The Morgan fingerprint density at radius 3 is 2.20 bits per heavy atom. The number of ketones is 1. The van der Waals surface area contributed by atoms with Crippen molar-refractivity contribution in [1.82, 2.24) is 0 Å². The molecule has 0 aromatic carbocycles. The largest absolute Gasteiger partial charge is 0.394 e. The van der Waals surface area contributed by atoms with E-state index in [2.05, 4.69) is 13.8 Å². The number of rotatable bonds is 9. The molecule has 3 rings (SSSR count). The quantitative estimate of drug-likeness (QED) is 0.230. The van der Waals surface area contributed by atoms with Crippen molar-refractivity contribution in [3.05, 3.63) is 11.1 Å². The number of allylic oxidation sites excluding steroid dienone is 2. The first kappa shape index (κ1) is 28.6. The van der Waals surface area contributed by atoms with Crippen LogP contribution in [0.3, 0.4) is 0 Å². The fourth-order valence-corrected chi connectivity index (χ4v) is 4.97. The molecule has 6 N–H and O–H groups in total. The minimum absolute atomic E-state index is 0.0865. The van der Waals surface area contributed by atoms with E-state index < -0.39 is 68.0 Å². The Bertz CT molecular complexity index is 769. The smallest absolute Gasteiger partial charge is 0.186 e. The maximum absolute atomic E-state index is 12.2. The summed E-state index contributed by atoms with van der Waals surface area (Å²) in [4.78, 5) is 12.2. The molecular formula is C24H40O11. The Balaban J connectivity index is 1.57. The van der Waals surface area contributed by atoms with Gasteiger partial charge in [0, 0.05) is 6.42 Å². The van der Waals surface area contributed by atoms with E-state index in [0.717, 1.165) is 17.6 Å². The van der Waals surface area contributed by atoms with Crippen LogP contribution in [0.2, 0.25) is 0 Å². The minimum Gasteiger partial charge on any atom is -0.394 e. The number of Topliss-reactive ketones (excluding diaryl/α,β-unsaturated/α-hetero) is 1. The number of hydrogen-bond donors (Lipinski definition) is 6. The first-order valence-electron chi connectivity index (χ1n) is 12.2. The van der Waals surface area contributed by atoms with Crippen LogP contribution in [0.5, 0.6) is 0 Å². The Kier molecular flexibility index (Phi) is 9.47. The maximum Gasteiger partial charge on any atom is 0.186 e. The third kappa shape index (κ3) is 6.30. The topological polar surface area (TPSA) is 175 Å². The highest BCUT2D eigenvalue weighted by molar-refractivity contribution is 5.96. The van der Waals surface area contributed by atoms with E-state index in [-0.39, 0.29) is 17.8 Å². The molecule has 0 saturated carbocycles. The standard InChI is InChI=1S/C24H40O11/c1-11(5-6-13-12(2)14(26)7-8-24(13,3)4)33-23-21(31)19(29)18(28)16(35-23)10-32-22-20(30)17(27)15(9-25)34-22/h11,15-23,25,27-31H,5-10H2,1-4H3/t11-,15+,16-,17+,18-,19+,20-,21-,22-,23-/m1/s1. The summed E-state index contributed by atoms with van der Waals surface area (Å²) in [7, 11) is 0. The SMILES string of the molecule is CC1=C(CC[C@@H](C)O[C@@H]2O[C@H](CO[C@@H]3O[C@@H](CO)[C@H](O)[C@H]3O)[C@@H](O)[C@H](O)[C@H]2O)C(C)(C)CCC1=O. The second-order valence-electron chi connectivity index (χ2n) is 10.5. The predicted octanol–water partition coefficient (Wildman–Crippen LogP) is -0.859. The van der Waals surface area contributed by atoms with Gasteiger partial charge >= 0.3 is 0 Å². The van der Waals surface area contributed by atoms with Crippen LogP contribution in [0.25, 0.3) is 0 Å². The van der Waals surface area contributed by atoms with E-state index in [1.807, 2.05) is 6.92 Å². The van der Waals surface area contributed by atoms with E-state index in [4.69, 9.17) is 18.9 Å². The molecule has 2 aliphatic heterocycles. The van der Waals surface area contributed by atoms with Gasteiger partial charge in [0.1, 0.15) is 42.7 Å². The van der Waals surface area contributed by atoms with Crippen molar-refractivity contribution in [2.75, 3.05) is 13.2 Å². The average Bonchev–Trinajstić information content (AvgIpc) is 3.09. The lowest BCUT2D eigenvalue weighted by Gasteiger charge is -2.41. The van der Waals surface area contributed by atoms with E-state index in [9.17, 15) is 35.4 Å². The molecule has 202 valence electrons. The summed E-state index contributed by atoms with van der Waals surface area (Å²) < 4.78 is 22.2. The summed E-state index contributed by atoms with van der Waals surface area (Å²) >= 11 is 0. The number of aliphatic hydroxyl groups is 6. The summed E-state index contributed by atoms with van der Waals surface area (Å²) in [5, 5.41) is 60.1. The molecule has 0 amide bonds. The lowest BCUT2D eigenvalue weighted by molar-refractivity contribution is -0.318. The summed E-state index contributed by atoms with van der Waals surface area (Å²) in [6.07, 6.45) is -9.85. The van der Waals surface area contributed by atoms with Crippen LogP contribution in [-0.4, -0.2) is 111 Å². The first-order chi connectivity index (χ1) is 16.4. The molecule has 0 unspecified atom stereocenters. The van der Waals surface area contributed by atoms with Crippen molar-refractivity contribution in [3.63, 3.8) is 0 Å². The first-order valence-corrected chi connectivity index (χ1v) is 12.2. The van der Waals surface area contributed by atoms with E-state index in [0.29, 0.717) is 19.3 Å². The fraction of sp³-hybridized carbons (Fsp3) is 0.875. The van der Waals surface area contributed by atoms with Gasteiger partial charge in [-0.15, -0.1) is 0 Å². The predicted molar refractivity (Wildman–Crippen MR) is 121 cm³/mol. The Morgan fingerprint density at radius 1 is 0.971 bits per heavy atom. The van der Waals surface area contributed by atoms with Crippen molar-refractivity contribution < 1.29 is 54.4 Å². The van der Waals surface area contributed by atoms with E-state index in [1.165, 1.54) is 0 Å². The van der Waals surface area contributed by atoms with Crippen molar-refractivity contribution in [3.8, 4) is 0 Å². The van der Waals surface area contributed by atoms with Crippen molar-refractivity contribution in [2.45, 2.75) is 115 Å². The van der Waals surface area contributed by atoms with Gasteiger partial charge < -0.3 is 49.6 Å². The molecule has 0 aromatic heterocycles. The highest BCUT2D eigenvalue weighted by Crippen LogP contribution is 2.41. The van der Waals surface area contributed by atoms with Crippen LogP contribution in [0.4, 0.5) is 0 Å². The normalized spacial score (nSPS) is 40.9. The van der Waals surface area contributed by atoms with Crippen LogP contribution in [0, 0.1) is 5.41 Å².